The largest absolute Gasteiger partial charge is 0.469 e. The third kappa shape index (κ3) is 5.12. The van der Waals surface area contributed by atoms with Gasteiger partial charge in [0.25, 0.3) is 5.56 Å². The molecule has 4 fully saturated rings. The molecule has 2 aliphatic heterocycles. The van der Waals surface area contributed by atoms with E-state index in [2.05, 4.69) is 9.64 Å². The number of ketones is 1. The number of carbonyl (C=O) groups is 2. The van der Waals surface area contributed by atoms with Gasteiger partial charge in [-0.2, -0.15) is 0 Å². The van der Waals surface area contributed by atoms with Crippen LogP contribution in [0, 0.1) is 11.8 Å². The number of nitrogens with zero attached hydrogens (tertiary/aromatic N) is 3. The van der Waals surface area contributed by atoms with Gasteiger partial charge in [0.1, 0.15) is 0 Å². The molecule has 8 nitrogen and oxygen atoms in total. The molecule has 2 saturated carbocycles. The highest BCUT2D eigenvalue weighted by Crippen LogP contribution is 2.47. The highest BCUT2D eigenvalue weighted by atomic mass is 16.5. The van der Waals surface area contributed by atoms with Crippen LogP contribution in [0.25, 0.3) is 10.9 Å². The predicted molar refractivity (Wildman–Crippen MR) is 149 cm³/mol. The van der Waals surface area contributed by atoms with Gasteiger partial charge < -0.3 is 4.74 Å². The minimum absolute atomic E-state index is 0.00151. The maximum absolute atomic E-state index is 13.9. The summed E-state index contributed by atoms with van der Waals surface area (Å²) in [5.41, 5.74) is -0.187. The third-order valence-corrected chi connectivity index (χ3v) is 10.1. The van der Waals surface area contributed by atoms with Crippen LogP contribution in [-0.4, -0.2) is 51.0 Å². The lowest BCUT2D eigenvalue weighted by atomic mass is 9.68. The number of hydrogen-bond acceptors (Lipinski definition) is 6. The zero-order valence-corrected chi connectivity index (χ0v) is 23.1. The van der Waals surface area contributed by atoms with Gasteiger partial charge in [-0.05, 0) is 68.9 Å². The average Bonchev–Trinajstić information content (AvgIpc) is 2.93. The molecular weight excluding hydrogens is 494 g/mol. The first-order valence-electron chi connectivity index (χ1n) is 15.0. The van der Waals surface area contributed by atoms with Gasteiger partial charge in [-0.1, -0.05) is 37.8 Å². The van der Waals surface area contributed by atoms with Crippen LogP contribution in [0.5, 0.6) is 0 Å². The normalized spacial score (nSPS) is 30.7. The van der Waals surface area contributed by atoms with Crippen molar-refractivity contribution >= 4 is 22.7 Å². The SMILES string of the molecule is COC(=O)CCC(=O)Cn1c(=O)n(C2C[C@H]3CCC[C@@H](C2)N3C2C[C@H]3CCC[C@@H](C2)C3)c(=O)c2ccccc21. The van der Waals surface area contributed by atoms with Gasteiger partial charge in [-0.15, -0.1) is 0 Å². The number of methoxy groups -OCH3 is 1. The molecular formula is C31H41N3O5. The fourth-order valence-electron chi connectivity index (χ4n) is 8.55. The van der Waals surface area contributed by atoms with Gasteiger partial charge >= 0.3 is 11.7 Å². The number of aromatic nitrogens is 2. The molecule has 1 aromatic carbocycles. The molecule has 0 amide bonds. The number of ether oxygens (including phenoxy) is 1. The van der Waals surface area contributed by atoms with Crippen LogP contribution in [-0.2, 0) is 20.9 Å². The van der Waals surface area contributed by atoms with Crippen molar-refractivity contribution in [1.82, 2.24) is 14.0 Å². The van der Waals surface area contributed by atoms with Gasteiger partial charge in [0.15, 0.2) is 5.78 Å². The Bertz CT molecular complexity index is 1340. The molecule has 1 aromatic heterocycles. The summed E-state index contributed by atoms with van der Waals surface area (Å²) in [5, 5.41) is 0.463. The summed E-state index contributed by atoms with van der Waals surface area (Å²) in [4.78, 5) is 54.9. The molecule has 4 bridgehead atoms. The lowest BCUT2D eigenvalue weighted by molar-refractivity contribution is -0.142. The molecule has 210 valence electrons. The Labute approximate surface area is 229 Å². The topological polar surface area (TPSA) is 90.6 Å². The van der Waals surface area contributed by atoms with Crippen LogP contribution in [0.2, 0.25) is 0 Å². The molecule has 39 heavy (non-hydrogen) atoms. The second-order valence-corrected chi connectivity index (χ2v) is 12.5. The molecule has 2 aromatic rings. The van der Waals surface area contributed by atoms with Crippen LogP contribution < -0.4 is 11.2 Å². The van der Waals surface area contributed by atoms with Crippen molar-refractivity contribution in [3.8, 4) is 0 Å². The van der Waals surface area contributed by atoms with Crippen molar-refractivity contribution in [2.75, 3.05) is 7.11 Å². The van der Waals surface area contributed by atoms with E-state index in [9.17, 15) is 19.2 Å². The summed E-state index contributed by atoms with van der Waals surface area (Å²) < 4.78 is 7.57. The van der Waals surface area contributed by atoms with E-state index in [1.54, 1.807) is 24.3 Å². The molecule has 2 unspecified atom stereocenters. The van der Waals surface area contributed by atoms with E-state index >= 15 is 0 Å². The van der Waals surface area contributed by atoms with Gasteiger partial charge in [0.2, 0.25) is 0 Å². The molecule has 6 atom stereocenters. The minimum Gasteiger partial charge on any atom is -0.469 e. The zero-order chi connectivity index (χ0) is 27.1. The number of benzene rings is 1. The predicted octanol–water partition coefficient (Wildman–Crippen LogP) is 4.21. The van der Waals surface area contributed by atoms with Gasteiger partial charge in [0, 0.05) is 30.6 Å². The Hall–Kier alpha value is -2.74. The Morgan fingerprint density at radius 3 is 2.18 bits per heavy atom. The molecule has 0 radical (unpaired) electrons. The fraction of sp³-hybridized carbons (Fsp3) is 0.677. The van der Waals surface area contributed by atoms with E-state index in [1.165, 1.54) is 61.2 Å². The average molecular weight is 536 g/mol. The summed E-state index contributed by atoms with van der Waals surface area (Å²) in [6.45, 7) is -0.160. The first-order valence-corrected chi connectivity index (χ1v) is 15.0. The van der Waals surface area contributed by atoms with E-state index in [4.69, 9.17) is 0 Å². The zero-order valence-electron chi connectivity index (χ0n) is 23.1. The number of rotatable bonds is 7. The molecule has 0 spiro atoms. The van der Waals surface area contributed by atoms with Crippen LogP contribution in [0.1, 0.15) is 89.5 Å². The van der Waals surface area contributed by atoms with Crippen LogP contribution in [0.15, 0.2) is 33.9 Å². The Kier molecular flexibility index (Phi) is 7.49. The van der Waals surface area contributed by atoms with Crippen LogP contribution >= 0.6 is 0 Å². The molecule has 6 rings (SSSR count). The van der Waals surface area contributed by atoms with Gasteiger partial charge in [-0.25, -0.2) is 4.79 Å². The van der Waals surface area contributed by atoms with Crippen LogP contribution in [0.4, 0.5) is 0 Å². The second-order valence-electron chi connectivity index (χ2n) is 12.5. The van der Waals surface area contributed by atoms with Crippen LogP contribution in [0.3, 0.4) is 0 Å². The summed E-state index contributed by atoms with van der Waals surface area (Å²) >= 11 is 0. The van der Waals surface area contributed by atoms with Crippen molar-refractivity contribution in [2.45, 2.75) is 114 Å². The number of para-hydroxylation sites is 1. The van der Waals surface area contributed by atoms with Crippen molar-refractivity contribution in [1.29, 1.82) is 0 Å². The van der Waals surface area contributed by atoms with E-state index in [-0.39, 0.29) is 36.8 Å². The fourth-order valence-corrected chi connectivity index (χ4v) is 8.55. The highest BCUT2D eigenvalue weighted by molar-refractivity contribution is 5.85. The number of carbonyl (C=O) groups excluding carboxylic acids is 2. The van der Waals surface area contributed by atoms with E-state index in [0.717, 1.165) is 37.5 Å². The van der Waals surface area contributed by atoms with Crippen molar-refractivity contribution < 1.29 is 14.3 Å². The molecule has 8 heteroatoms. The smallest absolute Gasteiger partial charge is 0.332 e. The van der Waals surface area contributed by atoms with Gasteiger partial charge in [-0.3, -0.25) is 28.4 Å². The summed E-state index contributed by atoms with van der Waals surface area (Å²) in [6.07, 6.45) is 13.2. The number of fused-ring (bicyclic) bond motifs is 5. The Balaban J connectivity index is 1.30. The maximum Gasteiger partial charge on any atom is 0.332 e. The standard InChI is InChI=1S/C31H41N3O5/c1-39-29(36)13-12-26(35)19-32-28-11-3-2-10-27(28)30(37)34(31(32)38)25-17-22-8-5-9-23(18-25)33(22)24-15-20-6-4-7-21(14-20)16-24/h2-3,10-11,20-25H,4-9,12-19H2,1H3/t20-,21+,22-,23+,24?,25?. The Morgan fingerprint density at radius 2 is 1.49 bits per heavy atom. The van der Waals surface area contributed by atoms with E-state index in [0.29, 0.717) is 29.0 Å². The number of piperidine rings is 2. The first-order chi connectivity index (χ1) is 18.9. The number of esters is 1. The second kappa shape index (κ2) is 11.0. The Morgan fingerprint density at radius 1 is 0.821 bits per heavy atom. The number of hydrogen-bond donors (Lipinski definition) is 0. The molecule has 0 N–H and O–H groups in total. The van der Waals surface area contributed by atoms with E-state index < -0.39 is 11.7 Å². The minimum atomic E-state index is -0.453. The summed E-state index contributed by atoms with van der Waals surface area (Å²) in [6, 6.07) is 8.34. The quantitative estimate of drug-likeness (QED) is 0.494. The summed E-state index contributed by atoms with van der Waals surface area (Å²) in [5.74, 6) is 1.05. The van der Waals surface area contributed by atoms with Crippen molar-refractivity contribution in [3.63, 3.8) is 0 Å². The monoisotopic (exact) mass is 535 g/mol. The highest BCUT2D eigenvalue weighted by Gasteiger charge is 2.45. The molecule has 2 saturated heterocycles. The van der Waals surface area contributed by atoms with Crippen molar-refractivity contribution in [2.24, 2.45) is 11.8 Å². The molecule has 3 heterocycles. The van der Waals surface area contributed by atoms with Gasteiger partial charge in [0.05, 0.1) is 31.0 Å². The lowest BCUT2D eigenvalue weighted by Crippen LogP contribution is -2.59. The van der Waals surface area contributed by atoms with Crippen molar-refractivity contribution in [3.05, 3.63) is 45.1 Å². The number of Topliss-reactive ketones (excluding diaryl/α,β-unsaturated/α-hetero) is 1. The third-order valence-electron chi connectivity index (χ3n) is 10.1. The summed E-state index contributed by atoms with van der Waals surface area (Å²) in [7, 11) is 1.29. The maximum atomic E-state index is 13.9. The molecule has 2 aliphatic carbocycles. The first kappa shape index (κ1) is 26.5. The lowest BCUT2D eigenvalue weighted by Gasteiger charge is -2.55. The van der Waals surface area contributed by atoms with E-state index in [1.807, 2.05) is 0 Å². The molecule has 4 aliphatic rings.